The Morgan fingerprint density at radius 1 is 1.32 bits per heavy atom. The van der Waals surface area contributed by atoms with Gasteiger partial charge in [0, 0.05) is 32.7 Å². The molecule has 0 aliphatic carbocycles. The number of sulfonamides is 1. The monoisotopic (exact) mass is 389 g/mol. The Labute approximate surface area is 151 Å². The first-order chi connectivity index (χ1) is 11.7. The summed E-state index contributed by atoms with van der Waals surface area (Å²) in [6, 6.07) is 4.24. The summed E-state index contributed by atoms with van der Waals surface area (Å²) in [5.74, 6) is -0.684. The van der Waals surface area contributed by atoms with Crippen molar-refractivity contribution >= 4 is 39.1 Å². The zero-order valence-corrected chi connectivity index (χ0v) is 15.6. The standard InChI is InChI=1S/C15H20ClN3O5S/c1-11(20)18(2)10-15(21)17-12-3-4-13(16)14(9-12)25(22,23)19-5-7-24-8-6-19/h3-4,9H,5-8,10H2,1-2H3,(H,17,21). The van der Waals surface area contributed by atoms with Crippen molar-refractivity contribution in [2.24, 2.45) is 0 Å². The van der Waals surface area contributed by atoms with Gasteiger partial charge in [0.25, 0.3) is 0 Å². The highest BCUT2D eigenvalue weighted by atomic mass is 35.5. The van der Waals surface area contributed by atoms with Gasteiger partial charge in [0.05, 0.1) is 24.8 Å². The number of benzene rings is 1. The van der Waals surface area contributed by atoms with Crippen molar-refractivity contribution in [3.63, 3.8) is 0 Å². The summed E-state index contributed by atoms with van der Waals surface area (Å²) in [6.45, 7) is 2.36. The molecule has 1 aliphatic rings. The summed E-state index contributed by atoms with van der Waals surface area (Å²) in [6.07, 6.45) is 0. The lowest BCUT2D eigenvalue weighted by atomic mass is 10.3. The third-order valence-electron chi connectivity index (χ3n) is 3.72. The van der Waals surface area contributed by atoms with Gasteiger partial charge in [-0.1, -0.05) is 11.6 Å². The lowest BCUT2D eigenvalue weighted by Gasteiger charge is -2.26. The summed E-state index contributed by atoms with van der Waals surface area (Å²) < 4.78 is 31.9. The second-order valence-electron chi connectivity index (χ2n) is 5.58. The van der Waals surface area contributed by atoms with Gasteiger partial charge >= 0.3 is 0 Å². The second-order valence-corrected chi connectivity index (χ2v) is 7.90. The number of carbonyl (C=O) groups is 2. The summed E-state index contributed by atoms with van der Waals surface area (Å²) in [5.41, 5.74) is 0.290. The average molecular weight is 390 g/mol. The maximum absolute atomic E-state index is 12.7. The molecule has 1 saturated heterocycles. The molecule has 1 heterocycles. The molecular weight excluding hydrogens is 370 g/mol. The predicted octanol–water partition coefficient (Wildman–Crippen LogP) is 0.778. The van der Waals surface area contributed by atoms with Crippen molar-refractivity contribution in [3.8, 4) is 0 Å². The van der Waals surface area contributed by atoms with Gasteiger partial charge in [-0.15, -0.1) is 0 Å². The Morgan fingerprint density at radius 2 is 1.96 bits per heavy atom. The smallest absolute Gasteiger partial charge is 0.244 e. The summed E-state index contributed by atoms with van der Waals surface area (Å²) in [4.78, 5) is 24.3. The number of hydrogen-bond donors (Lipinski definition) is 1. The van der Waals surface area contributed by atoms with Crippen LogP contribution in [0, 0.1) is 0 Å². The topological polar surface area (TPSA) is 96.0 Å². The van der Waals surface area contributed by atoms with Gasteiger partial charge in [-0.05, 0) is 18.2 Å². The number of ether oxygens (including phenoxy) is 1. The van der Waals surface area contributed by atoms with Crippen LogP contribution in [0.25, 0.3) is 0 Å². The molecule has 138 valence electrons. The molecule has 1 aliphatic heterocycles. The number of amides is 2. The fourth-order valence-electron chi connectivity index (χ4n) is 2.23. The zero-order chi connectivity index (χ0) is 18.6. The minimum Gasteiger partial charge on any atom is -0.379 e. The first-order valence-corrected chi connectivity index (χ1v) is 9.42. The highest BCUT2D eigenvalue weighted by Crippen LogP contribution is 2.28. The lowest BCUT2D eigenvalue weighted by Crippen LogP contribution is -2.40. The number of rotatable bonds is 5. The normalized spacial score (nSPS) is 15.6. The van der Waals surface area contributed by atoms with Gasteiger partial charge in [-0.3, -0.25) is 9.59 Å². The summed E-state index contributed by atoms with van der Waals surface area (Å²) in [5, 5.41) is 2.65. The van der Waals surface area contributed by atoms with E-state index in [-0.39, 0.29) is 41.1 Å². The van der Waals surface area contributed by atoms with E-state index < -0.39 is 15.9 Å². The van der Waals surface area contributed by atoms with E-state index in [4.69, 9.17) is 16.3 Å². The number of likely N-dealkylation sites (N-methyl/N-ethyl adjacent to an activating group) is 1. The molecule has 25 heavy (non-hydrogen) atoms. The van der Waals surface area contributed by atoms with Crippen molar-refractivity contribution in [1.29, 1.82) is 0 Å². The number of carbonyl (C=O) groups excluding carboxylic acids is 2. The van der Waals surface area contributed by atoms with Crippen LogP contribution >= 0.6 is 11.6 Å². The number of anilines is 1. The lowest BCUT2D eigenvalue weighted by molar-refractivity contribution is -0.131. The third-order valence-corrected chi connectivity index (χ3v) is 6.10. The molecule has 0 radical (unpaired) electrons. The van der Waals surface area contributed by atoms with Crippen LogP contribution in [0.3, 0.4) is 0 Å². The maximum atomic E-state index is 12.7. The van der Waals surface area contributed by atoms with Crippen LogP contribution < -0.4 is 5.32 Å². The van der Waals surface area contributed by atoms with E-state index in [1.807, 2.05) is 0 Å². The van der Waals surface area contributed by atoms with Gasteiger partial charge in [0.15, 0.2) is 0 Å². The molecule has 0 spiro atoms. The van der Waals surface area contributed by atoms with Crippen LogP contribution in [0.4, 0.5) is 5.69 Å². The Balaban J connectivity index is 2.19. The molecular formula is C15H20ClN3O5S. The first-order valence-electron chi connectivity index (χ1n) is 7.61. The minimum atomic E-state index is -3.78. The molecule has 10 heteroatoms. The predicted molar refractivity (Wildman–Crippen MR) is 93.0 cm³/mol. The summed E-state index contributed by atoms with van der Waals surface area (Å²) >= 11 is 6.06. The van der Waals surface area contributed by atoms with Crippen molar-refractivity contribution in [1.82, 2.24) is 9.21 Å². The largest absolute Gasteiger partial charge is 0.379 e. The maximum Gasteiger partial charge on any atom is 0.244 e. The van der Waals surface area contributed by atoms with Gasteiger partial charge in [0.1, 0.15) is 4.90 Å². The molecule has 1 aromatic carbocycles. The van der Waals surface area contributed by atoms with E-state index in [2.05, 4.69) is 5.32 Å². The van der Waals surface area contributed by atoms with Gasteiger partial charge < -0.3 is 15.0 Å². The number of nitrogens with zero attached hydrogens (tertiary/aromatic N) is 2. The minimum absolute atomic E-state index is 0.0744. The molecule has 0 atom stereocenters. The second kappa shape index (κ2) is 8.13. The third kappa shape index (κ3) is 4.91. The van der Waals surface area contributed by atoms with Crippen LogP contribution in [-0.4, -0.2) is 69.3 Å². The molecule has 0 saturated carbocycles. The van der Waals surface area contributed by atoms with E-state index in [0.29, 0.717) is 13.2 Å². The quantitative estimate of drug-likeness (QED) is 0.802. The van der Waals surface area contributed by atoms with Crippen molar-refractivity contribution in [3.05, 3.63) is 23.2 Å². The molecule has 0 bridgehead atoms. The molecule has 8 nitrogen and oxygen atoms in total. The van der Waals surface area contributed by atoms with E-state index >= 15 is 0 Å². The summed E-state index contributed by atoms with van der Waals surface area (Å²) in [7, 11) is -2.28. The van der Waals surface area contributed by atoms with Gasteiger partial charge in [-0.25, -0.2) is 8.42 Å². The van der Waals surface area contributed by atoms with E-state index in [1.165, 1.54) is 41.4 Å². The Bertz CT molecular complexity index is 762. The fourth-order valence-corrected chi connectivity index (χ4v) is 4.14. The SMILES string of the molecule is CC(=O)N(C)CC(=O)Nc1ccc(Cl)c(S(=O)(=O)N2CCOCC2)c1. The van der Waals surface area contributed by atoms with Gasteiger partial charge in [0.2, 0.25) is 21.8 Å². The fraction of sp³-hybridized carbons (Fsp3) is 0.467. The van der Waals surface area contributed by atoms with Crippen molar-refractivity contribution in [2.75, 3.05) is 45.2 Å². The van der Waals surface area contributed by atoms with Crippen LogP contribution in [0.15, 0.2) is 23.1 Å². The highest BCUT2D eigenvalue weighted by Gasteiger charge is 2.28. The molecule has 2 amide bonds. The number of nitrogens with one attached hydrogen (secondary N) is 1. The number of halogens is 1. The van der Waals surface area contributed by atoms with Crippen LogP contribution in [0.1, 0.15) is 6.92 Å². The Morgan fingerprint density at radius 3 is 2.56 bits per heavy atom. The van der Waals surface area contributed by atoms with Crippen molar-refractivity contribution in [2.45, 2.75) is 11.8 Å². The Hall–Kier alpha value is -1.68. The van der Waals surface area contributed by atoms with Gasteiger partial charge in [-0.2, -0.15) is 4.31 Å². The molecule has 0 aromatic heterocycles. The van der Waals surface area contributed by atoms with Crippen molar-refractivity contribution < 1.29 is 22.7 Å². The van der Waals surface area contributed by atoms with E-state index in [9.17, 15) is 18.0 Å². The first kappa shape index (κ1) is 19.6. The Kier molecular flexibility index (Phi) is 6.39. The number of hydrogen-bond acceptors (Lipinski definition) is 5. The zero-order valence-electron chi connectivity index (χ0n) is 14.0. The number of morpholine rings is 1. The molecule has 1 aromatic rings. The highest BCUT2D eigenvalue weighted by molar-refractivity contribution is 7.89. The van der Waals surface area contributed by atoms with E-state index in [1.54, 1.807) is 0 Å². The molecule has 2 rings (SSSR count). The molecule has 1 fully saturated rings. The molecule has 0 unspecified atom stereocenters. The average Bonchev–Trinajstić information content (AvgIpc) is 2.57. The van der Waals surface area contributed by atoms with Crippen LogP contribution in [0.5, 0.6) is 0 Å². The molecule has 1 N–H and O–H groups in total. The van der Waals surface area contributed by atoms with E-state index in [0.717, 1.165) is 0 Å². The van der Waals surface area contributed by atoms with Crippen LogP contribution in [0.2, 0.25) is 5.02 Å². The van der Waals surface area contributed by atoms with Crippen LogP contribution in [-0.2, 0) is 24.3 Å².